The van der Waals surface area contributed by atoms with Gasteiger partial charge in [-0.2, -0.15) is 0 Å². The zero-order chi connectivity index (χ0) is 28.4. The molecule has 0 radical (unpaired) electrons. The number of aromatic nitrogens is 1. The number of ketones is 1. The third-order valence-corrected chi connectivity index (χ3v) is 5.85. The molecule has 1 aromatic heterocycles. The van der Waals surface area contributed by atoms with Crippen LogP contribution in [0.2, 0.25) is 0 Å². The summed E-state index contributed by atoms with van der Waals surface area (Å²) in [5, 5.41) is 0. The maximum Gasteiger partial charge on any atom is 0.309 e. The summed E-state index contributed by atoms with van der Waals surface area (Å²) >= 11 is 0. The minimum absolute atomic E-state index is 0.0240. The van der Waals surface area contributed by atoms with E-state index in [4.69, 9.17) is 23.7 Å². The lowest BCUT2D eigenvalue weighted by Gasteiger charge is -2.26. The van der Waals surface area contributed by atoms with Gasteiger partial charge >= 0.3 is 11.9 Å². The number of carbonyl (C=O) groups excluding carboxylic acids is 3. The highest BCUT2D eigenvalue weighted by Gasteiger charge is 2.29. The molecule has 0 saturated carbocycles. The Labute approximate surface area is 228 Å². The van der Waals surface area contributed by atoms with Gasteiger partial charge in [0.15, 0.2) is 29.1 Å². The maximum absolute atomic E-state index is 13.1. The van der Waals surface area contributed by atoms with Crippen LogP contribution in [0.3, 0.4) is 0 Å². The van der Waals surface area contributed by atoms with Gasteiger partial charge in [0.1, 0.15) is 11.9 Å². The first-order valence-corrected chi connectivity index (χ1v) is 12.5. The van der Waals surface area contributed by atoms with Crippen LogP contribution in [0.25, 0.3) is 0 Å². The van der Waals surface area contributed by atoms with Crippen molar-refractivity contribution in [1.82, 2.24) is 4.98 Å². The third kappa shape index (κ3) is 8.29. The molecule has 3 atom stereocenters. The van der Waals surface area contributed by atoms with E-state index in [0.29, 0.717) is 5.75 Å². The molecule has 9 heteroatoms. The molecule has 0 amide bonds. The van der Waals surface area contributed by atoms with Gasteiger partial charge in [0, 0.05) is 25.6 Å². The average Bonchev–Trinajstić information content (AvgIpc) is 2.92. The van der Waals surface area contributed by atoms with Crippen LogP contribution in [0, 0.1) is 12.8 Å². The molecule has 3 aromatic rings. The lowest BCUT2D eigenvalue weighted by molar-refractivity contribution is -0.157. The number of hydrogen-bond acceptors (Lipinski definition) is 9. The first kappa shape index (κ1) is 29.2. The molecule has 0 unspecified atom stereocenters. The van der Waals surface area contributed by atoms with Crippen molar-refractivity contribution in [2.45, 2.75) is 46.3 Å². The van der Waals surface area contributed by atoms with Gasteiger partial charge in [-0.3, -0.25) is 14.4 Å². The number of nitrogens with zero attached hydrogens (tertiary/aromatic N) is 1. The number of pyridine rings is 1. The summed E-state index contributed by atoms with van der Waals surface area (Å²) in [7, 11) is 1.41. The number of Topliss-reactive ketones (excluding diaryl/α,β-unsaturated/α-hetero) is 1. The number of esters is 2. The first-order valence-electron chi connectivity index (χ1n) is 12.5. The van der Waals surface area contributed by atoms with Crippen molar-refractivity contribution in [3.05, 3.63) is 83.7 Å². The van der Waals surface area contributed by atoms with E-state index in [-0.39, 0.29) is 23.6 Å². The lowest BCUT2D eigenvalue weighted by Crippen LogP contribution is -2.30. The molecule has 1 heterocycles. The second-order valence-electron chi connectivity index (χ2n) is 9.02. The van der Waals surface area contributed by atoms with Gasteiger partial charge in [-0.05, 0) is 31.5 Å². The number of hydrogen-bond donors (Lipinski definition) is 0. The minimum Gasteiger partial charge on any atom is -0.493 e. The summed E-state index contributed by atoms with van der Waals surface area (Å²) in [6, 6.07) is 18.6. The summed E-state index contributed by atoms with van der Waals surface area (Å²) in [4.78, 5) is 41.4. The van der Waals surface area contributed by atoms with Crippen LogP contribution in [0.4, 0.5) is 0 Å². The van der Waals surface area contributed by atoms with E-state index >= 15 is 0 Å². The standard InChI is InChI=1S/C30H33NO8/c1-19-11-13-23(14-12-19)28(39-24-9-7-6-8-10-24)21(3)38-30(34)20(2)17-25(33)27-29(37-18-36-22(4)32)26(35-5)15-16-31-27/h6-16,20-21,28H,17-18H2,1-5H3/t20-,21+,28+/m1/s1. The Kier molecular flexibility index (Phi) is 10.4. The van der Waals surface area contributed by atoms with E-state index in [0.717, 1.165) is 11.1 Å². The molecule has 0 N–H and O–H groups in total. The molecule has 0 bridgehead atoms. The minimum atomic E-state index is -0.787. The van der Waals surface area contributed by atoms with E-state index in [1.807, 2.05) is 61.5 Å². The summed E-state index contributed by atoms with van der Waals surface area (Å²) < 4.78 is 27.5. The number of methoxy groups -OCH3 is 1. The quantitative estimate of drug-likeness (QED) is 0.164. The van der Waals surface area contributed by atoms with E-state index in [2.05, 4.69) is 4.98 Å². The number of benzene rings is 2. The molecule has 0 spiro atoms. The molecule has 206 valence electrons. The fourth-order valence-corrected chi connectivity index (χ4v) is 3.76. The molecular weight excluding hydrogens is 502 g/mol. The predicted molar refractivity (Wildman–Crippen MR) is 143 cm³/mol. The Morgan fingerprint density at radius 2 is 1.64 bits per heavy atom. The van der Waals surface area contributed by atoms with Gasteiger partial charge < -0.3 is 23.7 Å². The third-order valence-electron chi connectivity index (χ3n) is 5.85. The van der Waals surface area contributed by atoms with Crippen LogP contribution in [0.1, 0.15) is 54.9 Å². The Hall–Kier alpha value is -4.40. The van der Waals surface area contributed by atoms with Crippen molar-refractivity contribution in [2.24, 2.45) is 5.92 Å². The molecule has 0 aliphatic carbocycles. The van der Waals surface area contributed by atoms with Crippen LogP contribution in [0.15, 0.2) is 66.9 Å². The van der Waals surface area contributed by atoms with Crippen molar-refractivity contribution in [1.29, 1.82) is 0 Å². The smallest absolute Gasteiger partial charge is 0.309 e. The van der Waals surface area contributed by atoms with E-state index in [1.165, 1.54) is 26.3 Å². The topological polar surface area (TPSA) is 110 Å². The second kappa shape index (κ2) is 13.9. The lowest BCUT2D eigenvalue weighted by atomic mass is 10.0. The molecule has 0 fully saturated rings. The van der Waals surface area contributed by atoms with Gasteiger partial charge in [-0.1, -0.05) is 55.0 Å². The Morgan fingerprint density at radius 3 is 2.28 bits per heavy atom. The summed E-state index contributed by atoms with van der Waals surface area (Å²) in [5.41, 5.74) is 1.90. The SMILES string of the molecule is COc1ccnc(C(=O)C[C@@H](C)C(=O)O[C@@H](C)[C@H](Oc2ccccc2)c2ccc(C)cc2)c1OCOC(C)=O. The number of aryl methyl sites for hydroxylation is 1. The van der Waals surface area contributed by atoms with Crippen LogP contribution >= 0.6 is 0 Å². The summed E-state index contributed by atoms with van der Waals surface area (Å²) in [6.45, 7) is 6.16. The zero-order valence-electron chi connectivity index (χ0n) is 22.7. The highest BCUT2D eigenvalue weighted by molar-refractivity contribution is 5.99. The van der Waals surface area contributed by atoms with Gasteiger partial charge in [0.2, 0.25) is 6.79 Å². The molecule has 2 aromatic carbocycles. The van der Waals surface area contributed by atoms with Gasteiger partial charge in [-0.15, -0.1) is 0 Å². The fraction of sp³-hybridized carbons (Fsp3) is 0.333. The van der Waals surface area contributed by atoms with Gasteiger partial charge in [0.05, 0.1) is 13.0 Å². The summed E-state index contributed by atoms with van der Waals surface area (Å²) in [6.07, 6.45) is -0.0236. The Balaban J connectivity index is 1.72. The van der Waals surface area contributed by atoms with E-state index in [9.17, 15) is 14.4 Å². The van der Waals surface area contributed by atoms with Crippen LogP contribution in [-0.4, -0.2) is 42.7 Å². The summed E-state index contributed by atoms with van der Waals surface area (Å²) in [5.74, 6) is -1.45. The molecule has 0 aliphatic heterocycles. The number of ether oxygens (including phenoxy) is 5. The molecule has 39 heavy (non-hydrogen) atoms. The second-order valence-corrected chi connectivity index (χ2v) is 9.02. The molecule has 9 nitrogen and oxygen atoms in total. The molecular formula is C30H33NO8. The fourth-order valence-electron chi connectivity index (χ4n) is 3.76. The Morgan fingerprint density at radius 1 is 0.949 bits per heavy atom. The average molecular weight is 536 g/mol. The van der Waals surface area contributed by atoms with Crippen LogP contribution in [0.5, 0.6) is 17.2 Å². The van der Waals surface area contributed by atoms with Gasteiger partial charge in [-0.25, -0.2) is 4.98 Å². The zero-order valence-corrected chi connectivity index (χ0v) is 22.7. The van der Waals surface area contributed by atoms with Crippen molar-refractivity contribution >= 4 is 17.7 Å². The van der Waals surface area contributed by atoms with Crippen LogP contribution < -0.4 is 14.2 Å². The van der Waals surface area contributed by atoms with Crippen molar-refractivity contribution in [3.63, 3.8) is 0 Å². The largest absolute Gasteiger partial charge is 0.493 e. The molecule has 3 rings (SSSR count). The van der Waals surface area contributed by atoms with Crippen molar-refractivity contribution in [3.8, 4) is 17.2 Å². The van der Waals surface area contributed by atoms with E-state index in [1.54, 1.807) is 13.8 Å². The molecule has 0 aliphatic rings. The van der Waals surface area contributed by atoms with E-state index < -0.39 is 42.6 Å². The van der Waals surface area contributed by atoms with Crippen molar-refractivity contribution in [2.75, 3.05) is 13.9 Å². The molecule has 0 saturated heterocycles. The van der Waals surface area contributed by atoms with Crippen LogP contribution in [-0.2, 0) is 19.1 Å². The number of rotatable bonds is 13. The monoisotopic (exact) mass is 535 g/mol. The predicted octanol–water partition coefficient (Wildman–Crippen LogP) is 5.26. The Bertz CT molecular complexity index is 1260. The first-order chi connectivity index (χ1) is 18.7. The highest BCUT2D eigenvalue weighted by atomic mass is 16.7. The number of carbonyl (C=O) groups is 3. The number of para-hydroxylation sites is 1. The van der Waals surface area contributed by atoms with Gasteiger partial charge in [0.25, 0.3) is 0 Å². The highest BCUT2D eigenvalue weighted by Crippen LogP contribution is 2.32. The maximum atomic E-state index is 13.1. The van der Waals surface area contributed by atoms with Crippen molar-refractivity contribution < 1.29 is 38.1 Å². The normalized spacial score (nSPS) is 12.9.